The van der Waals surface area contributed by atoms with Crippen LogP contribution >= 0.6 is 11.3 Å². The van der Waals surface area contributed by atoms with E-state index < -0.39 is 9.84 Å². The van der Waals surface area contributed by atoms with Gasteiger partial charge in [0, 0.05) is 58.5 Å². The zero-order chi connectivity index (χ0) is 43.9. The lowest BCUT2D eigenvalue weighted by Gasteiger charge is -2.11. The first-order chi connectivity index (χ1) is 32.5. The van der Waals surface area contributed by atoms with Crippen LogP contribution in [0, 0.1) is 0 Å². The molecule has 0 aliphatic carbocycles. The van der Waals surface area contributed by atoms with Gasteiger partial charge in [-0.05, 0) is 90.0 Å². The van der Waals surface area contributed by atoms with Crippen molar-refractivity contribution in [2.24, 2.45) is 0 Å². The summed E-state index contributed by atoms with van der Waals surface area (Å²) in [5, 5.41) is 6.86. The summed E-state index contributed by atoms with van der Waals surface area (Å²) in [6.45, 7) is 0. The fourth-order valence-electron chi connectivity index (χ4n) is 9.47. The van der Waals surface area contributed by atoms with Crippen molar-refractivity contribution >= 4 is 85.0 Å². The highest BCUT2D eigenvalue weighted by Crippen LogP contribution is 2.41. The highest BCUT2D eigenvalue weighted by molar-refractivity contribution is 7.91. The van der Waals surface area contributed by atoms with Crippen molar-refractivity contribution in [3.63, 3.8) is 0 Å². The fourth-order valence-corrected chi connectivity index (χ4v) is 11.9. The molecule has 0 atom stereocenters. The summed E-state index contributed by atoms with van der Waals surface area (Å²) in [4.78, 5) is 15.5. The molecule has 0 unspecified atom stereocenters. The normalized spacial score (nSPS) is 12.1. The van der Waals surface area contributed by atoms with Crippen molar-refractivity contribution in [3.8, 4) is 45.5 Å². The van der Waals surface area contributed by atoms with Gasteiger partial charge in [-0.3, -0.25) is 4.57 Å². The SMILES string of the molecule is O=S(=O)(c1ccc(-c2ccc3c(c2)c2ccccc2n3-c2nc(-c3ccccc3)nc(-c3ccccc3)n2)cc1)c1ccc(-n2c3ccccc3c3cc4sc5ccccc5c4cc32)cc1. The monoisotopic (exact) mass is 885 g/mol. The summed E-state index contributed by atoms with van der Waals surface area (Å²) in [7, 11) is -3.82. The second kappa shape index (κ2) is 14.9. The summed E-state index contributed by atoms with van der Waals surface area (Å²) in [5.41, 5.74) is 8.63. The van der Waals surface area contributed by atoms with E-state index in [4.69, 9.17) is 15.0 Å². The number of aromatic nitrogens is 5. The zero-order valence-corrected chi connectivity index (χ0v) is 36.7. The summed E-state index contributed by atoms with van der Waals surface area (Å²) in [6, 6.07) is 70.5. The van der Waals surface area contributed by atoms with Gasteiger partial charge in [0.15, 0.2) is 11.6 Å². The number of thiophene rings is 1. The van der Waals surface area contributed by atoms with E-state index in [0.717, 1.165) is 66.2 Å². The molecular weight excluding hydrogens is 851 g/mol. The van der Waals surface area contributed by atoms with Crippen molar-refractivity contribution < 1.29 is 8.42 Å². The van der Waals surface area contributed by atoms with Crippen LogP contribution in [0.15, 0.2) is 222 Å². The minimum atomic E-state index is -3.82. The maximum Gasteiger partial charge on any atom is 0.238 e. The Balaban J connectivity index is 0.850. The van der Waals surface area contributed by atoms with Gasteiger partial charge in [-0.2, -0.15) is 9.97 Å². The lowest BCUT2D eigenvalue weighted by atomic mass is 10.0. The Kier molecular flexibility index (Phi) is 8.64. The standard InChI is InChI=1S/C57H35N5O2S2/c63-66(64,42-30-26-40(27-31-42)61-49-20-10-7-18-44(49)47-35-54-48(34-52(47)61)45-19-9-12-22-53(45)65-54)41-28-23-36(24-29-41)39-25-32-51-46(33-39)43-17-8-11-21-50(43)62(51)57-59-55(37-13-3-1-4-14-37)58-56(60-57)38-15-5-2-6-16-38/h1-35H. The Labute approximate surface area is 383 Å². The predicted octanol–water partition coefficient (Wildman–Crippen LogP) is 14.3. The lowest BCUT2D eigenvalue weighted by molar-refractivity contribution is 0.596. The van der Waals surface area contributed by atoms with Crippen LogP contribution in [0.5, 0.6) is 0 Å². The summed E-state index contributed by atoms with van der Waals surface area (Å²) >= 11 is 1.81. The van der Waals surface area contributed by atoms with Crippen molar-refractivity contribution in [1.29, 1.82) is 0 Å². The van der Waals surface area contributed by atoms with E-state index in [2.05, 4.69) is 100 Å². The Morgan fingerprint density at radius 3 is 1.52 bits per heavy atom. The largest absolute Gasteiger partial charge is 0.309 e. The fraction of sp³-hybridized carbons (Fsp3) is 0. The molecule has 0 bridgehead atoms. The first-order valence-corrected chi connectivity index (χ1v) is 24.0. The molecule has 0 amide bonds. The van der Waals surface area contributed by atoms with Crippen LogP contribution in [0.3, 0.4) is 0 Å². The molecule has 312 valence electrons. The Bertz CT molecular complexity index is 4100. The number of benzene rings is 9. The Hall–Kier alpha value is -8.24. The highest BCUT2D eigenvalue weighted by atomic mass is 32.2. The Morgan fingerprint density at radius 1 is 0.348 bits per heavy atom. The van der Waals surface area contributed by atoms with Crippen LogP contribution in [0.4, 0.5) is 0 Å². The maximum absolute atomic E-state index is 14.2. The molecule has 0 radical (unpaired) electrons. The molecule has 0 spiro atoms. The van der Waals surface area contributed by atoms with Gasteiger partial charge in [0.1, 0.15) is 0 Å². The molecule has 0 saturated heterocycles. The van der Waals surface area contributed by atoms with Crippen molar-refractivity contribution in [3.05, 3.63) is 212 Å². The van der Waals surface area contributed by atoms with E-state index in [1.54, 1.807) is 24.3 Å². The molecule has 4 heterocycles. The van der Waals surface area contributed by atoms with Crippen LogP contribution in [0.1, 0.15) is 0 Å². The smallest absolute Gasteiger partial charge is 0.238 e. The molecule has 0 saturated carbocycles. The molecule has 0 aliphatic rings. The first kappa shape index (κ1) is 38.2. The number of para-hydroxylation sites is 2. The van der Waals surface area contributed by atoms with E-state index in [1.807, 2.05) is 108 Å². The molecule has 66 heavy (non-hydrogen) atoms. The van der Waals surface area contributed by atoms with Crippen LogP contribution in [0.2, 0.25) is 0 Å². The topological polar surface area (TPSA) is 82.7 Å². The van der Waals surface area contributed by atoms with Gasteiger partial charge in [-0.1, -0.05) is 133 Å². The van der Waals surface area contributed by atoms with E-state index in [1.165, 1.54) is 25.6 Å². The number of hydrogen-bond donors (Lipinski definition) is 0. The first-order valence-electron chi connectivity index (χ1n) is 21.7. The second-order valence-corrected chi connectivity index (χ2v) is 19.5. The molecular formula is C57H35N5O2S2. The van der Waals surface area contributed by atoms with E-state index >= 15 is 0 Å². The average Bonchev–Trinajstić information content (AvgIpc) is 4.03. The van der Waals surface area contributed by atoms with Crippen LogP contribution < -0.4 is 0 Å². The van der Waals surface area contributed by atoms with Gasteiger partial charge in [0.2, 0.25) is 15.8 Å². The zero-order valence-electron chi connectivity index (χ0n) is 35.1. The molecule has 7 nitrogen and oxygen atoms in total. The second-order valence-electron chi connectivity index (χ2n) is 16.4. The van der Waals surface area contributed by atoms with Gasteiger partial charge >= 0.3 is 0 Å². The quantitative estimate of drug-likeness (QED) is 0.159. The van der Waals surface area contributed by atoms with E-state index in [0.29, 0.717) is 17.6 Å². The third kappa shape index (κ3) is 6.09. The molecule has 13 rings (SSSR count). The van der Waals surface area contributed by atoms with Gasteiger partial charge in [-0.25, -0.2) is 13.4 Å². The van der Waals surface area contributed by atoms with Crippen LogP contribution in [0.25, 0.3) is 109 Å². The van der Waals surface area contributed by atoms with Crippen molar-refractivity contribution in [2.75, 3.05) is 0 Å². The molecule has 4 aromatic heterocycles. The minimum absolute atomic E-state index is 0.235. The van der Waals surface area contributed by atoms with Crippen molar-refractivity contribution in [2.45, 2.75) is 9.79 Å². The molecule has 9 aromatic carbocycles. The van der Waals surface area contributed by atoms with E-state index in [9.17, 15) is 8.42 Å². The number of sulfone groups is 1. The molecule has 0 aliphatic heterocycles. The third-order valence-electron chi connectivity index (χ3n) is 12.6. The number of nitrogens with zero attached hydrogens (tertiary/aromatic N) is 5. The minimum Gasteiger partial charge on any atom is -0.309 e. The molecule has 0 N–H and O–H groups in total. The van der Waals surface area contributed by atoms with Gasteiger partial charge in [-0.15, -0.1) is 11.3 Å². The molecule has 0 fully saturated rings. The third-order valence-corrected chi connectivity index (χ3v) is 15.6. The summed E-state index contributed by atoms with van der Waals surface area (Å²) < 4.78 is 35.3. The van der Waals surface area contributed by atoms with Crippen molar-refractivity contribution in [1.82, 2.24) is 24.1 Å². The average molecular weight is 886 g/mol. The highest BCUT2D eigenvalue weighted by Gasteiger charge is 2.22. The predicted molar refractivity (Wildman–Crippen MR) is 270 cm³/mol. The van der Waals surface area contributed by atoms with Gasteiger partial charge in [0.25, 0.3) is 0 Å². The number of rotatable bonds is 7. The lowest BCUT2D eigenvalue weighted by Crippen LogP contribution is -2.06. The molecule has 13 aromatic rings. The van der Waals surface area contributed by atoms with Crippen LogP contribution in [-0.2, 0) is 9.84 Å². The Morgan fingerprint density at radius 2 is 0.864 bits per heavy atom. The summed E-state index contributed by atoms with van der Waals surface area (Å²) in [6.07, 6.45) is 0. The molecule has 9 heteroatoms. The van der Waals surface area contributed by atoms with Gasteiger partial charge < -0.3 is 4.57 Å². The van der Waals surface area contributed by atoms with Gasteiger partial charge in [0.05, 0.1) is 31.9 Å². The van der Waals surface area contributed by atoms with Crippen LogP contribution in [-0.4, -0.2) is 32.5 Å². The van der Waals surface area contributed by atoms with E-state index in [-0.39, 0.29) is 9.79 Å². The maximum atomic E-state index is 14.2. The number of fused-ring (bicyclic) bond motifs is 9. The summed E-state index contributed by atoms with van der Waals surface area (Å²) in [5.74, 6) is 1.70. The number of hydrogen-bond acceptors (Lipinski definition) is 6.